The second-order valence-corrected chi connectivity index (χ2v) is 6.31. The maximum Gasteiger partial charge on any atom is 0.315 e. The van der Waals surface area contributed by atoms with Crippen LogP contribution in [0.15, 0.2) is 24.3 Å². The summed E-state index contributed by atoms with van der Waals surface area (Å²) in [7, 11) is 0. The summed E-state index contributed by atoms with van der Waals surface area (Å²) in [5.74, 6) is 0.299. The number of carbonyl (C=O) groups is 2. The van der Waals surface area contributed by atoms with E-state index in [1.165, 1.54) is 5.56 Å². The van der Waals surface area contributed by atoms with Gasteiger partial charge in [-0.1, -0.05) is 23.7 Å². The monoisotopic (exact) mass is 323 g/mol. The lowest BCUT2D eigenvalue weighted by atomic mass is 10.1. The van der Waals surface area contributed by atoms with Crippen molar-refractivity contribution in [3.8, 4) is 0 Å². The molecule has 3 amide bonds. The molecule has 0 unspecified atom stereocenters. The molecule has 2 atom stereocenters. The van der Waals surface area contributed by atoms with Crippen molar-refractivity contribution in [3.05, 3.63) is 34.9 Å². The molecule has 0 bridgehead atoms. The molecule has 5 nitrogen and oxygen atoms in total. The average molecular weight is 324 g/mol. The highest BCUT2D eigenvalue weighted by Gasteiger charge is 2.39. The Morgan fingerprint density at radius 3 is 2.59 bits per heavy atom. The van der Waals surface area contributed by atoms with Crippen molar-refractivity contribution < 1.29 is 9.59 Å². The molecule has 1 aliphatic carbocycles. The first kappa shape index (κ1) is 16.6. The first-order chi connectivity index (χ1) is 10.5. The number of hydrogen-bond acceptors (Lipinski definition) is 2. The minimum atomic E-state index is -0.223. The van der Waals surface area contributed by atoms with Crippen LogP contribution in [0.2, 0.25) is 5.02 Å². The zero-order chi connectivity index (χ0) is 16.1. The largest absolute Gasteiger partial charge is 0.354 e. The summed E-state index contributed by atoms with van der Waals surface area (Å²) in [5, 5.41) is 9.12. The third kappa shape index (κ3) is 5.22. The molecule has 1 aromatic rings. The molecule has 0 radical (unpaired) electrons. The van der Waals surface area contributed by atoms with Crippen LogP contribution in [0.4, 0.5) is 4.79 Å². The third-order valence-corrected chi connectivity index (χ3v) is 3.74. The van der Waals surface area contributed by atoms with Crippen LogP contribution in [0.25, 0.3) is 0 Å². The fourth-order valence-electron chi connectivity index (χ4n) is 2.34. The highest BCUT2D eigenvalue weighted by atomic mass is 35.5. The lowest BCUT2D eigenvalue weighted by molar-refractivity contribution is -0.121. The van der Waals surface area contributed by atoms with Gasteiger partial charge in [0.05, 0.1) is 0 Å². The van der Waals surface area contributed by atoms with Gasteiger partial charge in [-0.25, -0.2) is 4.79 Å². The number of halogens is 1. The zero-order valence-electron chi connectivity index (χ0n) is 12.9. The summed E-state index contributed by atoms with van der Waals surface area (Å²) >= 11 is 5.86. The molecule has 0 aliphatic heterocycles. The number of nitrogens with one attached hydrogen (secondary N) is 3. The fraction of sp³-hybridized carbons (Fsp3) is 0.500. The van der Waals surface area contributed by atoms with E-state index in [1.807, 2.05) is 38.1 Å². The molecule has 1 fully saturated rings. The zero-order valence-corrected chi connectivity index (χ0v) is 13.6. The smallest absolute Gasteiger partial charge is 0.315 e. The van der Waals surface area contributed by atoms with Gasteiger partial charge in [0.25, 0.3) is 0 Å². The van der Waals surface area contributed by atoms with Crippen molar-refractivity contribution in [1.82, 2.24) is 16.0 Å². The summed E-state index contributed by atoms with van der Waals surface area (Å²) in [5.41, 5.74) is 1.19. The molecule has 6 heteroatoms. The minimum absolute atomic E-state index is 0.0548. The summed E-state index contributed by atoms with van der Waals surface area (Å²) in [6.07, 6.45) is 1.22. The van der Waals surface area contributed by atoms with Crippen LogP contribution >= 0.6 is 11.6 Å². The number of urea groups is 1. The molecule has 1 saturated carbocycles. The average Bonchev–Trinajstić information content (AvgIpc) is 3.17. The predicted molar refractivity (Wildman–Crippen MR) is 87.0 cm³/mol. The van der Waals surface area contributed by atoms with Gasteiger partial charge < -0.3 is 16.0 Å². The molecule has 0 heterocycles. The van der Waals surface area contributed by atoms with E-state index in [0.717, 1.165) is 6.42 Å². The Hall–Kier alpha value is -1.75. The number of rotatable bonds is 6. The van der Waals surface area contributed by atoms with Gasteiger partial charge in [0.1, 0.15) is 0 Å². The molecule has 1 aromatic carbocycles. The van der Waals surface area contributed by atoms with Gasteiger partial charge in [0.2, 0.25) is 5.91 Å². The lowest BCUT2D eigenvalue weighted by Crippen LogP contribution is -2.40. The van der Waals surface area contributed by atoms with Crippen LogP contribution in [-0.4, -0.2) is 30.6 Å². The SMILES string of the molecule is CC(C)NC(=O)CCNC(=O)N[C@@H]1C[C@H]1c1ccc(Cl)cc1. The number of hydrogen-bond donors (Lipinski definition) is 3. The molecule has 120 valence electrons. The summed E-state index contributed by atoms with van der Waals surface area (Å²) in [6.45, 7) is 4.15. The van der Waals surface area contributed by atoms with E-state index in [0.29, 0.717) is 17.5 Å². The van der Waals surface area contributed by atoms with Crippen LogP contribution in [0.5, 0.6) is 0 Å². The van der Waals surface area contributed by atoms with Crippen LogP contribution in [0, 0.1) is 0 Å². The van der Waals surface area contributed by atoms with Crippen LogP contribution in [0.3, 0.4) is 0 Å². The highest BCUT2D eigenvalue weighted by Crippen LogP contribution is 2.40. The molecule has 1 aliphatic rings. The molecule has 0 saturated heterocycles. The van der Waals surface area contributed by atoms with E-state index >= 15 is 0 Å². The van der Waals surface area contributed by atoms with E-state index in [1.54, 1.807) is 0 Å². The standard InChI is InChI=1S/C16H22ClN3O2/c1-10(2)19-15(21)7-8-18-16(22)20-14-9-13(14)11-3-5-12(17)6-4-11/h3-6,10,13-14H,7-9H2,1-2H3,(H,19,21)(H2,18,20,22)/t13-,14+/m0/s1. The second-order valence-electron chi connectivity index (χ2n) is 5.87. The number of benzene rings is 1. The lowest BCUT2D eigenvalue weighted by Gasteiger charge is -2.09. The van der Waals surface area contributed by atoms with Crippen molar-refractivity contribution >= 4 is 23.5 Å². The van der Waals surface area contributed by atoms with Crippen molar-refractivity contribution in [2.45, 2.75) is 44.7 Å². The van der Waals surface area contributed by atoms with Crippen LogP contribution in [0.1, 0.15) is 38.2 Å². The van der Waals surface area contributed by atoms with Crippen molar-refractivity contribution in [3.63, 3.8) is 0 Å². The predicted octanol–water partition coefficient (Wildman–Crippen LogP) is 2.41. The first-order valence-corrected chi connectivity index (χ1v) is 7.92. The van der Waals surface area contributed by atoms with E-state index in [4.69, 9.17) is 11.6 Å². The Morgan fingerprint density at radius 2 is 1.95 bits per heavy atom. The van der Waals surface area contributed by atoms with E-state index in [9.17, 15) is 9.59 Å². The normalized spacial score (nSPS) is 19.6. The topological polar surface area (TPSA) is 70.2 Å². The van der Waals surface area contributed by atoms with Gasteiger partial charge in [-0.3, -0.25) is 4.79 Å². The Balaban J connectivity index is 1.65. The maximum atomic E-state index is 11.8. The Labute approximate surface area is 135 Å². The third-order valence-electron chi connectivity index (χ3n) is 3.49. The van der Waals surface area contributed by atoms with Gasteiger partial charge in [0, 0.05) is 36.0 Å². The quantitative estimate of drug-likeness (QED) is 0.752. The Morgan fingerprint density at radius 1 is 1.27 bits per heavy atom. The van der Waals surface area contributed by atoms with Gasteiger partial charge in [-0.05, 0) is 38.0 Å². The second kappa shape index (κ2) is 7.49. The number of amides is 3. The molecule has 22 heavy (non-hydrogen) atoms. The van der Waals surface area contributed by atoms with Gasteiger partial charge >= 0.3 is 6.03 Å². The van der Waals surface area contributed by atoms with Gasteiger partial charge in [-0.2, -0.15) is 0 Å². The Kier molecular flexibility index (Phi) is 5.66. The van der Waals surface area contributed by atoms with E-state index in [-0.39, 0.29) is 30.4 Å². The minimum Gasteiger partial charge on any atom is -0.354 e. The molecular weight excluding hydrogens is 302 g/mol. The van der Waals surface area contributed by atoms with Crippen molar-refractivity contribution in [2.24, 2.45) is 0 Å². The Bertz CT molecular complexity index is 531. The van der Waals surface area contributed by atoms with Crippen LogP contribution in [-0.2, 0) is 4.79 Å². The first-order valence-electron chi connectivity index (χ1n) is 7.55. The van der Waals surface area contributed by atoms with Crippen LogP contribution < -0.4 is 16.0 Å². The molecule has 0 aromatic heterocycles. The molecular formula is C16H22ClN3O2. The number of carbonyl (C=O) groups excluding carboxylic acids is 2. The van der Waals surface area contributed by atoms with Gasteiger partial charge in [0.15, 0.2) is 0 Å². The highest BCUT2D eigenvalue weighted by molar-refractivity contribution is 6.30. The van der Waals surface area contributed by atoms with Crippen molar-refractivity contribution in [2.75, 3.05) is 6.54 Å². The maximum absolute atomic E-state index is 11.8. The van der Waals surface area contributed by atoms with E-state index < -0.39 is 0 Å². The summed E-state index contributed by atoms with van der Waals surface area (Å²) < 4.78 is 0. The molecule has 0 spiro atoms. The fourth-order valence-corrected chi connectivity index (χ4v) is 2.46. The summed E-state index contributed by atoms with van der Waals surface area (Å²) in [4.78, 5) is 23.2. The molecule has 2 rings (SSSR count). The molecule has 3 N–H and O–H groups in total. The van der Waals surface area contributed by atoms with Gasteiger partial charge in [-0.15, -0.1) is 0 Å². The van der Waals surface area contributed by atoms with E-state index in [2.05, 4.69) is 16.0 Å². The van der Waals surface area contributed by atoms with Crippen molar-refractivity contribution in [1.29, 1.82) is 0 Å². The summed E-state index contributed by atoms with van der Waals surface area (Å²) in [6, 6.07) is 7.75.